The van der Waals surface area contributed by atoms with Crippen LogP contribution in [-0.4, -0.2) is 73.4 Å². The highest BCUT2D eigenvalue weighted by atomic mass is 16.5. The molecule has 2 N–H and O–H groups in total. The number of fused-ring (bicyclic) bond motifs is 1. The molecule has 0 atom stereocenters. The number of benzene rings is 1. The van der Waals surface area contributed by atoms with E-state index in [0.717, 1.165) is 73.7 Å². The van der Waals surface area contributed by atoms with Gasteiger partial charge in [0, 0.05) is 56.6 Å². The van der Waals surface area contributed by atoms with E-state index < -0.39 is 0 Å². The van der Waals surface area contributed by atoms with Gasteiger partial charge in [-0.25, -0.2) is 15.0 Å². The van der Waals surface area contributed by atoms with E-state index in [1.807, 2.05) is 48.4 Å². The number of aromatic amines is 1. The second kappa shape index (κ2) is 10.1. The Kier molecular flexibility index (Phi) is 6.40. The van der Waals surface area contributed by atoms with Crippen LogP contribution in [0.3, 0.4) is 0 Å². The summed E-state index contributed by atoms with van der Waals surface area (Å²) in [5.41, 5.74) is 4.65. The van der Waals surface area contributed by atoms with Crippen molar-refractivity contribution in [2.24, 2.45) is 5.92 Å². The molecule has 6 rings (SSSR count). The highest BCUT2D eigenvalue weighted by molar-refractivity contribution is 5.83. The molecular formula is C27H30N8O2. The Morgan fingerprint density at radius 2 is 1.89 bits per heavy atom. The van der Waals surface area contributed by atoms with Crippen molar-refractivity contribution in [2.45, 2.75) is 26.3 Å². The number of pyridine rings is 1. The van der Waals surface area contributed by atoms with Gasteiger partial charge in [-0.1, -0.05) is 6.07 Å². The number of anilines is 2. The van der Waals surface area contributed by atoms with Gasteiger partial charge in [0.05, 0.1) is 23.3 Å². The molecule has 1 saturated heterocycles. The lowest BCUT2D eigenvalue weighted by atomic mass is 10.1. The fourth-order valence-electron chi connectivity index (χ4n) is 4.66. The molecule has 1 aliphatic heterocycles. The number of carbonyl (C=O) groups is 1. The summed E-state index contributed by atoms with van der Waals surface area (Å²) in [6.45, 7) is 6.68. The van der Waals surface area contributed by atoms with Gasteiger partial charge >= 0.3 is 6.01 Å². The third-order valence-electron chi connectivity index (χ3n) is 6.77. The minimum atomic E-state index is 0.297. The lowest BCUT2D eigenvalue weighted by Crippen LogP contribution is -2.48. The number of imidazole rings is 1. The molecule has 10 heteroatoms. The maximum Gasteiger partial charge on any atom is 0.316 e. The highest BCUT2D eigenvalue weighted by Gasteiger charge is 2.34. The van der Waals surface area contributed by atoms with Gasteiger partial charge in [-0.2, -0.15) is 4.98 Å². The van der Waals surface area contributed by atoms with Crippen LogP contribution in [0.5, 0.6) is 6.01 Å². The van der Waals surface area contributed by atoms with Crippen molar-refractivity contribution in [3.63, 3.8) is 0 Å². The molecule has 1 saturated carbocycles. The summed E-state index contributed by atoms with van der Waals surface area (Å²) >= 11 is 0. The molecule has 0 spiro atoms. The summed E-state index contributed by atoms with van der Waals surface area (Å²) in [7, 11) is 0. The number of nitrogens with one attached hydrogen (secondary N) is 2. The summed E-state index contributed by atoms with van der Waals surface area (Å²) < 4.78 is 5.43. The first-order chi connectivity index (χ1) is 18.1. The van der Waals surface area contributed by atoms with Crippen LogP contribution in [0.15, 0.2) is 48.8 Å². The van der Waals surface area contributed by atoms with Crippen molar-refractivity contribution < 1.29 is 9.53 Å². The van der Waals surface area contributed by atoms with Crippen LogP contribution in [0.1, 0.15) is 25.3 Å². The number of nitrogens with zero attached hydrogens (tertiary/aromatic N) is 6. The zero-order chi connectivity index (χ0) is 25.2. The zero-order valence-corrected chi connectivity index (χ0v) is 20.9. The Balaban J connectivity index is 1.11. The Hall–Kier alpha value is -4.05. The molecule has 1 amide bonds. The molecule has 0 radical (unpaired) electrons. The minimum absolute atomic E-state index is 0.297. The number of amides is 1. The highest BCUT2D eigenvalue weighted by Crippen LogP contribution is 2.31. The van der Waals surface area contributed by atoms with Crippen molar-refractivity contribution in [1.82, 2.24) is 34.7 Å². The van der Waals surface area contributed by atoms with E-state index in [4.69, 9.17) is 4.74 Å². The number of hydrogen-bond acceptors (Lipinski definition) is 8. The lowest BCUT2D eigenvalue weighted by molar-refractivity contribution is -0.134. The van der Waals surface area contributed by atoms with Crippen molar-refractivity contribution in [3.05, 3.63) is 54.4 Å². The van der Waals surface area contributed by atoms with Crippen molar-refractivity contribution in [3.8, 4) is 17.3 Å². The van der Waals surface area contributed by atoms with E-state index in [1.165, 1.54) is 5.56 Å². The Morgan fingerprint density at radius 3 is 2.70 bits per heavy atom. The smallest absolute Gasteiger partial charge is 0.316 e. The number of hydrogen-bond donors (Lipinski definition) is 2. The van der Waals surface area contributed by atoms with Gasteiger partial charge in [0.15, 0.2) is 0 Å². The van der Waals surface area contributed by atoms with E-state index in [0.29, 0.717) is 30.4 Å². The second-order valence-electron chi connectivity index (χ2n) is 9.52. The molecule has 10 nitrogen and oxygen atoms in total. The molecule has 3 aromatic heterocycles. The van der Waals surface area contributed by atoms with E-state index in [-0.39, 0.29) is 0 Å². The monoisotopic (exact) mass is 498 g/mol. The molecular weight excluding hydrogens is 468 g/mol. The van der Waals surface area contributed by atoms with Gasteiger partial charge in [-0.05, 0) is 55.7 Å². The molecule has 2 fully saturated rings. The average molecular weight is 499 g/mol. The predicted octanol–water partition coefficient (Wildman–Crippen LogP) is 3.61. The molecule has 4 aromatic rings. The van der Waals surface area contributed by atoms with Crippen LogP contribution >= 0.6 is 0 Å². The summed E-state index contributed by atoms with van der Waals surface area (Å²) in [4.78, 5) is 37.8. The summed E-state index contributed by atoms with van der Waals surface area (Å²) in [6, 6.07) is 12.3. The Labute approximate surface area is 215 Å². The minimum Gasteiger partial charge on any atom is -0.464 e. The molecule has 190 valence electrons. The summed E-state index contributed by atoms with van der Waals surface area (Å²) in [6.07, 6.45) is 5.64. The Morgan fingerprint density at radius 1 is 1.05 bits per heavy atom. The fourth-order valence-corrected chi connectivity index (χ4v) is 4.66. The van der Waals surface area contributed by atoms with Crippen molar-refractivity contribution in [1.29, 1.82) is 0 Å². The molecule has 1 aromatic carbocycles. The molecule has 4 heterocycles. The maximum absolute atomic E-state index is 12.3. The average Bonchev–Trinajstić information content (AvgIpc) is 3.69. The number of ether oxygens (including phenoxy) is 1. The van der Waals surface area contributed by atoms with E-state index >= 15 is 0 Å². The van der Waals surface area contributed by atoms with E-state index in [1.54, 1.807) is 6.20 Å². The largest absolute Gasteiger partial charge is 0.464 e. The molecule has 2 aliphatic rings. The third-order valence-corrected chi connectivity index (χ3v) is 6.77. The summed E-state index contributed by atoms with van der Waals surface area (Å²) in [5, 5.41) is 3.30. The van der Waals surface area contributed by atoms with Gasteiger partial charge in [-0.15, -0.1) is 0 Å². The van der Waals surface area contributed by atoms with Gasteiger partial charge in [0.25, 0.3) is 0 Å². The van der Waals surface area contributed by atoms with Crippen LogP contribution in [0.4, 0.5) is 11.8 Å². The van der Waals surface area contributed by atoms with Crippen LogP contribution in [0.25, 0.3) is 22.3 Å². The van der Waals surface area contributed by atoms with Gasteiger partial charge in [0.1, 0.15) is 5.82 Å². The van der Waals surface area contributed by atoms with Crippen LogP contribution in [0, 0.1) is 5.92 Å². The van der Waals surface area contributed by atoms with Crippen molar-refractivity contribution >= 4 is 28.7 Å². The first kappa shape index (κ1) is 23.4. The van der Waals surface area contributed by atoms with Gasteiger partial charge in [0.2, 0.25) is 11.9 Å². The SMILES string of the molecule is CCOc1nccc(-c2ccc3nc(Nc4cc(CN5CCN(C(=O)C6CC6)CC5)ccn4)[nH]c3c2)n1. The van der Waals surface area contributed by atoms with E-state index in [2.05, 4.69) is 41.2 Å². The third kappa shape index (κ3) is 5.39. The lowest BCUT2D eigenvalue weighted by Gasteiger charge is -2.34. The molecule has 0 unspecified atom stereocenters. The number of aromatic nitrogens is 5. The number of carbonyl (C=O) groups excluding carboxylic acids is 1. The topological polar surface area (TPSA) is 112 Å². The number of piperazine rings is 1. The van der Waals surface area contributed by atoms with Crippen molar-refractivity contribution in [2.75, 3.05) is 38.1 Å². The fraction of sp³-hybridized carbons (Fsp3) is 0.370. The Bertz CT molecular complexity index is 1410. The maximum atomic E-state index is 12.3. The predicted molar refractivity (Wildman–Crippen MR) is 140 cm³/mol. The molecule has 1 aliphatic carbocycles. The van der Waals surface area contributed by atoms with Gasteiger partial charge < -0.3 is 19.9 Å². The van der Waals surface area contributed by atoms with Crippen LogP contribution < -0.4 is 10.1 Å². The summed E-state index contributed by atoms with van der Waals surface area (Å²) in [5.74, 6) is 2.00. The molecule has 0 bridgehead atoms. The first-order valence-corrected chi connectivity index (χ1v) is 12.8. The molecule has 37 heavy (non-hydrogen) atoms. The quantitative estimate of drug-likeness (QED) is 0.379. The zero-order valence-electron chi connectivity index (χ0n) is 20.9. The standard InChI is InChI=1S/C27H30N8O2/c1-2-37-27-29-10-8-21(32-27)20-5-6-22-23(16-20)31-26(30-22)33-24-15-18(7-9-28-24)17-34-11-13-35(14-12-34)25(36)19-3-4-19/h5-10,15-16,19H,2-4,11-14,17H2,1H3,(H2,28,30,31,33). The number of rotatable bonds is 8. The second-order valence-corrected chi connectivity index (χ2v) is 9.52. The number of H-pyrrole nitrogens is 1. The normalized spacial score (nSPS) is 16.2. The van der Waals surface area contributed by atoms with Crippen LogP contribution in [-0.2, 0) is 11.3 Å². The van der Waals surface area contributed by atoms with E-state index in [9.17, 15) is 4.79 Å². The van der Waals surface area contributed by atoms with Gasteiger partial charge in [-0.3, -0.25) is 9.69 Å². The first-order valence-electron chi connectivity index (χ1n) is 12.8. The van der Waals surface area contributed by atoms with Crippen LogP contribution in [0.2, 0.25) is 0 Å².